The molecule has 0 amide bonds. The molecule has 1 heterocycles. The molecule has 2 rings (SSSR count). The summed E-state index contributed by atoms with van der Waals surface area (Å²) in [6.45, 7) is 8.94. The number of aryl methyl sites for hydroxylation is 2. The fraction of sp³-hybridized carbons (Fsp3) is 0.467. The van der Waals surface area contributed by atoms with Crippen molar-refractivity contribution in [2.75, 3.05) is 0 Å². The molecule has 1 aromatic heterocycles. The minimum absolute atomic E-state index is 0.762. The predicted octanol–water partition coefficient (Wildman–Crippen LogP) is 4.37. The van der Waals surface area contributed by atoms with Gasteiger partial charge >= 0.3 is 0 Å². The van der Waals surface area contributed by atoms with Gasteiger partial charge in [0.2, 0.25) is 0 Å². The summed E-state index contributed by atoms with van der Waals surface area (Å²) in [5, 5.41) is 1.41. The molecule has 0 spiro atoms. The van der Waals surface area contributed by atoms with Gasteiger partial charge in [0.1, 0.15) is 0 Å². The van der Waals surface area contributed by atoms with Gasteiger partial charge in [0.25, 0.3) is 0 Å². The summed E-state index contributed by atoms with van der Waals surface area (Å²) in [6, 6.07) is 6.67. The lowest BCUT2D eigenvalue weighted by Gasteiger charge is -2.08. The molecule has 1 N–H and O–H groups in total. The molecule has 0 saturated carbocycles. The topological polar surface area (TPSA) is 15.8 Å². The van der Waals surface area contributed by atoms with Crippen LogP contribution in [0.3, 0.4) is 0 Å². The molecule has 2 aromatic rings. The van der Waals surface area contributed by atoms with E-state index >= 15 is 0 Å². The molecule has 0 aliphatic carbocycles. The molecular formula is C15H21N. The van der Waals surface area contributed by atoms with Crippen molar-refractivity contribution in [3.05, 3.63) is 35.0 Å². The zero-order valence-corrected chi connectivity index (χ0v) is 10.7. The number of aromatic amines is 1. The van der Waals surface area contributed by atoms with Gasteiger partial charge in [-0.2, -0.15) is 0 Å². The monoisotopic (exact) mass is 215 g/mol. The average molecular weight is 215 g/mol. The molecule has 0 radical (unpaired) electrons. The number of hydrogen-bond acceptors (Lipinski definition) is 0. The normalized spacial score (nSPS) is 13.2. The van der Waals surface area contributed by atoms with Crippen LogP contribution in [0.5, 0.6) is 0 Å². The van der Waals surface area contributed by atoms with E-state index in [1.165, 1.54) is 40.6 Å². The number of nitrogens with one attached hydrogen (secondary N) is 1. The first-order chi connectivity index (χ1) is 7.61. The van der Waals surface area contributed by atoms with Gasteiger partial charge in [-0.15, -0.1) is 0 Å². The van der Waals surface area contributed by atoms with Gasteiger partial charge in [0, 0.05) is 16.6 Å². The number of benzene rings is 1. The Hall–Kier alpha value is -1.24. The fourth-order valence-corrected chi connectivity index (χ4v) is 2.25. The summed E-state index contributed by atoms with van der Waals surface area (Å²) in [4.78, 5) is 3.48. The summed E-state index contributed by atoms with van der Waals surface area (Å²) in [7, 11) is 0. The Kier molecular flexibility index (Phi) is 3.04. The maximum Gasteiger partial charge on any atom is 0.0459 e. The van der Waals surface area contributed by atoms with Gasteiger partial charge in [-0.25, -0.2) is 0 Å². The van der Waals surface area contributed by atoms with Crippen molar-refractivity contribution in [2.24, 2.45) is 5.92 Å². The molecule has 0 aliphatic heterocycles. The van der Waals surface area contributed by atoms with Crippen molar-refractivity contribution in [3.8, 4) is 0 Å². The largest absolute Gasteiger partial charge is 0.358 e. The van der Waals surface area contributed by atoms with Crippen molar-refractivity contribution >= 4 is 10.9 Å². The molecule has 1 heteroatoms. The SMILES string of the molecule is CCC(C)Cc1c(C)[nH]c2ccc(C)cc12. The molecule has 1 unspecified atom stereocenters. The van der Waals surface area contributed by atoms with Crippen LogP contribution < -0.4 is 0 Å². The second kappa shape index (κ2) is 4.32. The molecule has 1 aromatic carbocycles. The van der Waals surface area contributed by atoms with Crippen LogP contribution in [-0.4, -0.2) is 4.98 Å². The smallest absolute Gasteiger partial charge is 0.0459 e. The molecule has 86 valence electrons. The van der Waals surface area contributed by atoms with E-state index in [0.717, 1.165) is 5.92 Å². The number of rotatable bonds is 3. The van der Waals surface area contributed by atoms with Gasteiger partial charge in [0.15, 0.2) is 0 Å². The minimum atomic E-state index is 0.762. The summed E-state index contributed by atoms with van der Waals surface area (Å²) >= 11 is 0. The van der Waals surface area contributed by atoms with Crippen molar-refractivity contribution in [3.63, 3.8) is 0 Å². The Morgan fingerprint density at radius 1 is 1.25 bits per heavy atom. The van der Waals surface area contributed by atoms with E-state index in [1.807, 2.05) is 0 Å². The van der Waals surface area contributed by atoms with Gasteiger partial charge in [-0.05, 0) is 43.9 Å². The molecule has 0 fully saturated rings. The van der Waals surface area contributed by atoms with Crippen LogP contribution >= 0.6 is 0 Å². The third-order valence-electron chi connectivity index (χ3n) is 3.52. The van der Waals surface area contributed by atoms with Crippen LogP contribution in [0.1, 0.15) is 37.1 Å². The summed E-state index contributed by atoms with van der Waals surface area (Å²) in [5.74, 6) is 0.762. The van der Waals surface area contributed by atoms with Crippen molar-refractivity contribution in [2.45, 2.75) is 40.5 Å². The van der Waals surface area contributed by atoms with Gasteiger partial charge in [-0.3, -0.25) is 0 Å². The second-order valence-corrected chi connectivity index (χ2v) is 5.00. The van der Waals surface area contributed by atoms with Crippen LogP contribution in [0, 0.1) is 19.8 Å². The van der Waals surface area contributed by atoms with E-state index < -0.39 is 0 Å². The van der Waals surface area contributed by atoms with E-state index in [-0.39, 0.29) is 0 Å². The van der Waals surface area contributed by atoms with Crippen LogP contribution in [-0.2, 0) is 6.42 Å². The highest BCUT2D eigenvalue weighted by Gasteiger charge is 2.10. The molecule has 0 aliphatic rings. The maximum atomic E-state index is 3.48. The molecule has 16 heavy (non-hydrogen) atoms. The van der Waals surface area contributed by atoms with E-state index in [9.17, 15) is 0 Å². The van der Waals surface area contributed by atoms with Crippen molar-refractivity contribution in [1.82, 2.24) is 4.98 Å². The Morgan fingerprint density at radius 2 is 2.00 bits per heavy atom. The Morgan fingerprint density at radius 3 is 2.69 bits per heavy atom. The van der Waals surface area contributed by atoms with Crippen LogP contribution in [0.2, 0.25) is 0 Å². The summed E-state index contributed by atoms with van der Waals surface area (Å²) in [5.41, 5.74) is 5.47. The quantitative estimate of drug-likeness (QED) is 0.782. The van der Waals surface area contributed by atoms with Gasteiger partial charge < -0.3 is 4.98 Å². The Labute approximate surface area is 97.9 Å². The Balaban J connectivity index is 2.50. The molecule has 0 saturated heterocycles. The summed E-state index contributed by atoms with van der Waals surface area (Å²) in [6.07, 6.45) is 2.43. The lowest BCUT2D eigenvalue weighted by Crippen LogP contribution is -1.98. The maximum absolute atomic E-state index is 3.48. The third kappa shape index (κ3) is 1.99. The van der Waals surface area contributed by atoms with Crippen LogP contribution in [0.25, 0.3) is 10.9 Å². The fourth-order valence-electron chi connectivity index (χ4n) is 2.25. The average Bonchev–Trinajstić information content (AvgIpc) is 2.55. The number of hydrogen-bond donors (Lipinski definition) is 1. The second-order valence-electron chi connectivity index (χ2n) is 5.00. The van der Waals surface area contributed by atoms with Crippen molar-refractivity contribution in [1.29, 1.82) is 0 Å². The van der Waals surface area contributed by atoms with Gasteiger partial charge in [0.05, 0.1) is 0 Å². The zero-order valence-electron chi connectivity index (χ0n) is 10.7. The van der Waals surface area contributed by atoms with E-state index in [0.29, 0.717) is 0 Å². The number of aromatic nitrogens is 1. The molecule has 1 atom stereocenters. The minimum Gasteiger partial charge on any atom is -0.358 e. The number of H-pyrrole nitrogens is 1. The van der Waals surface area contributed by atoms with E-state index in [2.05, 4.69) is 50.9 Å². The van der Waals surface area contributed by atoms with Gasteiger partial charge in [-0.1, -0.05) is 31.9 Å². The van der Waals surface area contributed by atoms with Crippen molar-refractivity contribution < 1.29 is 0 Å². The molecule has 0 bridgehead atoms. The Bertz CT molecular complexity index is 493. The standard InChI is InChI=1S/C15H21N/c1-5-10(2)8-13-12(4)16-15-7-6-11(3)9-14(13)15/h6-7,9-10,16H,5,8H2,1-4H3. The predicted molar refractivity (Wildman–Crippen MR) is 70.9 cm³/mol. The van der Waals surface area contributed by atoms with E-state index in [4.69, 9.17) is 0 Å². The lowest BCUT2D eigenvalue weighted by molar-refractivity contribution is 0.560. The molecule has 1 nitrogen and oxygen atoms in total. The zero-order chi connectivity index (χ0) is 11.7. The lowest BCUT2D eigenvalue weighted by atomic mass is 9.96. The van der Waals surface area contributed by atoms with E-state index in [1.54, 1.807) is 0 Å². The van der Waals surface area contributed by atoms with Crippen LogP contribution in [0.4, 0.5) is 0 Å². The molecular weight excluding hydrogens is 194 g/mol. The first-order valence-corrected chi connectivity index (χ1v) is 6.19. The first kappa shape index (κ1) is 11.3. The number of fused-ring (bicyclic) bond motifs is 1. The highest BCUT2D eigenvalue weighted by Crippen LogP contribution is 2.26. The highest BCUT2D eigenvalue weighted by atomic mass is 14.7. The van der Waals surface area contributed by atoms with Crippen LogP contribution in [0.15, 0.2) is 18.2 Å². The highest BCUT2D eigenvalue weighted by molar-refractivity contribution is 5.85. The third-order valence-corrected chi connectivity index (χ3v) is 3.52. The first-order valence-electron chi connectivity index (χ1n) is 6.19. The summed E-state index contributed by atoms with van der Waals surface area (Å²) < 4.78 is 0.